The van der Waals surface area contributed by atoms with Crippen LogP contribution in [0, 0.1) is 0 Å². The largest absolute Gasteiger partial charge is 0.495 e. The molecule has 0 amide bonds. The Kier molecular flexibility index (Phi) is 4.84. The lowest BCUT2D eigenvalue weighted by Gasteiger charge is -2.27. The Morgan fingerprint density at radius 3 is 3.00 bits per heavy atom. The molecule has 1 aromatic carbocycles. The fourth-order valence-electron chi connectivity index (χ4n) is 2.22. The lowest BCUT2D eigenvalue weighted by atomic mass is 10.2. The van der Waals surface area contributed by atoms with E-state index in [4.69, 9.17) is 9.47 Å². The van der Waals surface area contributed by atoms with E-state index in [0.717, 1.165) is 44.2 Å². The SMILES string of the molecule is COc1ccccc1N(C)CCC1COCCN1. The summed E-state index contributed by atoms with van der Waals surface area (Å²) < 4.78 is 10.8. The molecule has 1 fully saturated rings. The van der Waals surface area contributed by atoms with Gasteiger partial charge in [0.25, 0.3) is 0 Å². The summed E-state index contributed by atoms with van der Waals surface area (Å²) in [5.41, 5.74) is 1.14. The highest BCUT2D eigenvalue weighted by molar-refractivity contribution is 5.57. The third kappa shape index (κ3) is 3.37. The fourth-order valence-corrected chi connectivity index (χ4v) is 2.22. The van der Waals surface area contributed by atoms with E-state index in [1.165, 1.54) is 0 Å². The van der Waals surface area contributed by atoms with Crippen LogP contribution in [-0.4, -0.2) is 46.5 Å². The fraction of sp³-hybridized carbons (Fsp3) is 0.571. The summed E-state index contributed by atoms with van der Waals surface area (Å²) in [6.45, 7) is 3.60. The summed E-state index contributed by atoms with van der Waals surface area (Å²) in [7, 11) is 3.81. The number of para-hydroxylation sites is 2. The van der Waals surface area contributed by atoms with E-state index < -0.39 is 0 Å². The molecule has 1 aromatic rings. The van der Waals surface area contributed by atoms with E-state index in [0.29, 0.717) is 6.04 Å². The number of morpholine rings is 1. The molecule has 18 heavy (non-hydrogen) atoms. The first-order valence-corrected chi connectivity index (χ1v) is 6.46. The van der Waals surface area contributed by atoms with Gasteiger partial charge in [-0.3, -0.25) is 0 Å². The van der Waals surface area contributed by atoms with Crippen LogP contribution in [0.15, 0.2) is 24.3 Å². The summed E-state index contributed by atoms with van der Waals surface area (Å²) in [6.07, 6.45) is 1.08. The van der Waals surface area contributed by atoms with Crippen LogP contribution in [0.1, 0.15) is 6.42 Å². The maximum Gasteiger partial charge on any atom is 0.142 e. The van der Waals surface area contributed by atoms with Gasteiger partial charge < -0.3 is 19.7 Å². The molecule has 1 unspecified atom stereocenters. The number of rotatable bonds is 5. The molecule has 1 aliphatic heterocycles. The molecule has 0 spiro atoms. The zero-order valence-electron chi connectivity index (χ0n) is 11.2. The predicted molar refractivity (Wildman–Crippen MR) is 73.5 cm³/mol. The Morgan fingerprint density at radius 2 is 2.28 bits per heavy atom. The van der Waals surface area contributed by atoms with Gasteiger partial charge in [-0.1, -0.05) is 12.1 Å². The Balaban J connectivity index is 1.88. The van der Waals surface area contributed by atoms with E-state index in [9.17, 15) is 0 Å². The van der Waals surface area contributed by atoms with E-state index in [1.54, 1.807) is 7.11 Å². The van der Waals surface area contributed by atoms with Crippen LogP contribution < -0.4 is 15.0 Å². The highest BCUT2D eigenvalue weighted by Crippen LogP contribution is 2.26. The molecule has 100 valence electrons. The molecule has 4 nitrogen and oxygen atoms in total. The summed E-state index contributed by atoms with van der Waals surface area (Å²) in [6, 6.07) is 8.58. The average molecular weight is 250 g/mol. The normalized spacial score (nSPS) is 19.6. The second-order valence-corrected chi connectivity index (χ2v) is 4.61. The molecular formula is C14H22N2O2. The van der Waals surface area contributed by atoms with E-state index >= 15 is 0 Å². The molecule has 1 N–H and O–H groups in total. The van der Waals surface area contributed by atoms with Crippen LogP contribution in [0.4, 0.5) is 5.69 Å². The van der Waals surface area contributed by atoms with Crippen molar-refractivity contribution in [1.29, 1.82) is 0 Å². The van der Waals surface area contributed by atoms with Crippen molar-refractivity contribution in [1.82, 2.24) is 5.32 Å². The topological polar surface area (TPSA) is 33.7 Å². The third-order valence-electron chi connectivity index (χ3n) is 3.31. The van der Waals surface area contributed by atoms with Crippen LogP contribution in [0.5, 0.6) is 5.75 Å². The number of hydrogen-bond donors (Lipinski definition) is 1. The highest BCUT2D eigenvalue weighted by Gasteiger charge is 2.14. The van der Waals surface area contributed by atoms with Crippen LogP contribution in [0.25, 0.3) is 0 Å². The molecule has 0 aliphatic carbocycles. The molecule has 4 heteroatoms. The lowest BCUT2D eigenvalue weighted by Crippen LogP contribution is -2.42. The van der Waals surface area contributed by atoms with Crippen molar-refractivity contribution >= 4 is 5.69 Å². The minimum absolute atomic E-state index is 0.468. The molecule has 0 saturated carbocycles. The van der Waals surface area contributed by atoms with Crippen LogP contribution in [0.2, 0.25) is 0 Å². The number of methoxy groups -OCH3 is 1. The first kappa shape index (κ1) is 13.2. The third-order valence-corrected chi connectivity index (χ3v) is 3.31. The van der Waals surface area contributed by atoms with E-state index in [2.05, 4.69) is 23.3 Å². The van der Waals surface area contributed by atoms with Crippen molar-refractivity contribution in [2.75, 3.05) is 45.4 Å². The van der Waals surface area contributed by atoms with Crippen molar-refractivity contribution in [3.63, 3.8) is 0 Å². The first-order valence-electron chi connectivity index (χ1n) is 6.46. The Bertz CT molecular complexity index is 365. The Morgan fingerprint density at radius 1 is 1.44 bits per heavy atom. The van der Waals surface area contributed by atoms with Crippen molar-refractivity contribution < 1.29 is 9.47 Å². The van der Waals surface area contributed by atoms with Crippen molar-refractivity contribution in [2.45, 2.75) is 12.5 Å². The summed E-state index contributed by atoms with van der Waals surface area (Å²) in [5.74, 6) is 0.924. The summed E-state index contributed by atoms with van der Waals surface area (Å²) >= 11 is 0. The standard InChI is InChI=1S/C14H22N2O2/c1-16(9-7-12-11-18-10-8-15-12)13-5-3-4-6-14(13)17-2/h3-6,12,15H,7-11H2,1-2H3. The zero-order valence-corrected chi connectivity index (χ0v) is 11.2. The maximum atomic E-state index is 5.46. The summed E-state index contributed by atoms with van der Waals surface area (Å²) in [5, 5.41) is 3.47. The van der Waals surface area contributed by atoms with Gasteiger partial charge in [0.15, 0.2) is 0 Å². The second kappa shape index (κ2) is 6.61. The van der Waals surface area contributed by atoms with Crippen molar-refractivity contribution in [2.24, 2.45) is 0 Å². The first-order chi connectivity index (χ1) is 8.81. The van der Waals surface area contributed by atoms with Crippen LogP contribution >= 0.6 is 0 Å². The number of benzene rings is 1. The molecule has 1 aliphatic rings. The molecule has 0 radical (unpaired) electrons. The molecule has 1 heterocycles. The lowest BCUT2D eigenvalue weighted by molar-refractivity contribution is 0.0749. The van der Waals surface area contributed by atoms with E-state index in [-0.39, 0.29) is 0 Å². The maximum absolute atomic E-state index is 5.46. The van der Waals surface area contributed by atoms with Gasteiger partial charge in [-0.25, -0.2) is 0 Å². The van der Waals surface area contributed by atoms with Gasteiger partial charge in [0.2, 0.25) is 0 Å². The molecule has 0 bridgehead atoms. The molecule has 1 atom stereocenters. The molecule has 1 saturated heterocycles. The van der Waals surface area contributed by atoms with Gasteiger partial charge in [0.05, 0.1) is 26.0 Å². The predicted octanol–water partition coefficient (Wildman–Crippen LogP) is 1.51. The van der Waals surface area contributed by atoms with Gasteiger partial charge in [-0.2, -0.15) is 0 Å². The van der Waals surface area contributed by atoms with Gasteiger partial charge >= 0.3 is 0 Å². The van der Waals surface area contributed by atoms with Crippen molar-refractivity contribution in [3.05, 3.63) is 24.3 Å². The van der Waals surface area contributed by atoms with Crippen LogP contribution in [-0.2, 0) is 4.74 Å². The smallest absolute Gasteiger partial charge is 0.142 e. The van der Waals surface area contributed by atoms with Gasteiger partial charge in [0, 0.05) is 26.2 Å². The molecule has 2 rings (SSSR count). The monoisotopic (exact) mass is 250 g/mol. The number of nitrogens with one attached hydrogen (secondary N) is 1. The minimum atomic E-state index is 0.468. The quantitative estimate of drug-likeness (QED) is 0.859. The highest BCUT2D eigenvalue weighted by atomic mass is 16.5. The van der Waals surface area contributed by atoms with E-state index in [1.807, 2.05) is 18.2 Å². The average Bonchev–Trinajstić information content (AvgIpc) is 2.45. The summed E-state index contributed by atoms with van der Waals surface area (Å²) in [4.78, 5) is 2.23. The second-order valence-electron chi connectivity index (χ2n) is 4.61. The number of anilines is 1. The minimum Gasteiger partial charge on any atom is -0.495 e. The Labute approximate surface area is 109 Å². The van der Waals surface area contributed by atoms with Crippen molar-refractivity contribution in [3.8, 4) is 5.75 Å². The number of hydrogen-bond acceptors (Lipinski definition) is 4. The number of nitrogens with zero attached hydrogens (tertiary/aromatic N) is 1. The van der Waals surface area contributed by atoms with Gasteiger partial charge in [-0.05, 0) is 18.6 Å². The van der Waals surface area contributed by atoms with Gasteiger partial charge in [0.1, 0.15) is 5.75 Å². The number of ether oxygens (including phenoxy) is 2. The molecule has 0 aromatic heterocycles. The molecular weight excluding hydrogens is 228 g/mol. The zero-order chi connectivity index (χ0) is 12.8. The Hall–Kier alpha value is -1.26. The van der Waals surface area contributed by atoms with Gasteiger partial charge in [-0.15, -0.1) is 0 Å². The van der Waals surface area contributed by atoms with Crippen LogP contribution in [0.3, 0.4) is 0 Å².